The Morgan fingerprint density at radius 1 is 0.926 bits per heavy atom. The number of hydrogen-bond acceptors (Lipinski definition) is 2. The summed E-state index contributed by atoms with van der Waals surface area (Å²) in [6.45, 7) is 0.456. The first-order chi connectivity index (χ1) is 13.1. The molecule has 1 heterocycles. The Morgan fingerprint density at radius 2 is 1.67 bits per heavy atom. The van der Waals surface area contributed by atoms with E-state index in [4.69, 9.17) is 11.5 Å². The van der Waals surface area contributed by atoms with Crippen LogP contribution < -0.4 is 11.5 Å². The standard InChI is InChI=1S/C21H18FN5/c22-18-7-3-1-5-15(18)13-27-19-8-4-2-6-16(19)17-11-14(9-10-20(17)27)12-25-26-21(23)24/h1-12H,13H2,(H4,23,24,26)/b25-12+. The van der Waals surface area contributed by atoms with E-state index in [2.05, 4.69) is 20.8 Å². The van der Waals surface area contributed by atoms with E-state index < -0.39 is 0 Å². The van der Waals surface area contributed by atoms with Gasteiger partial charge in [-0.15, -0.1) is 5.10 Å². The summed E-state index contributed by atoms with van der Waals surface area (Å²) in [7, 11) is 0. The van der Waals surface area contributed by atoms with Crippen molar-refractivity contribution in [1.29, 1.82) is 0 Å². The summed E-state index contributed by atoms with van der Waals surface area (Å²) in [5.74, 6) is -0.293. The lowest BCUT2D eigenvalue weighted by atomic mass is 10.1. The Kier molecular flexibility index (Phi) is 4.30. The molecule has 0 saturated carbocycles. The van der Waals surface area contributed by atoms with Crippen LogP contribution in [0.3, 0.4) is 0 Å². The third-order valence-electron chi connectivity index (χ3n) is 4.46. The van der Waals surface area contributed by atoms with Crippen molar-refractivity contribution in [3.05, 3.63) is 83.7 Å². The number of nitrogens with zero attached hydrogens (tertiary/aromatic N) is 3. The zero-order chi connectivity index (χ0) is 18.8. The van der Waals surface area contributed by atoms with Gasteiger partial charge in [-0.05, 0) is 29.8 Å². The minimum Gasteiger partial charge on any atom is -0.369 e. The number of fused-ring (bicyclic) bond motifs is 3. The molecule has 0 spiro atoms. The molecule has 1 aromatic heterocycles. The summed E-state index contributed by atoms with van der Waals surface area (Å²) in [4.78, 5) is 0. The lowest BCUT2D eigenvalue weighted by Crippen LogP contribution is -2.21. The van der Waals surface area contributed by atoms with Crippen molar-refractivity contribution < 1.29 is 4.39 Å². The predicted octanol–water partition coefficient (Wildman–Crippen LogP) is 3.59. The van der Waals surface area contributed by atoms with Crippen LogP contribution in [0.1, 0.15) is 11.1 Å². The lowest BCUT2D eigenvalue weighted by Gasteiger charge is -2.08. The first-order valence-corrected chi connectivity index (χ1v) is 8.50. The summed E-state index contributed by atoms with van der Waals surface area (Å²) >= 11 is 0. The van der Waals surface area contributed by atoms with Crippen molar-refractivity contribution in [1.82, 2.24) is 4.57 Å². The van der Waals surface area contributed by atoms with Crippen LogP contribution in [0.5, 0.6) is 0 Å². The summed E-state index contributed by atoms with van der Waals surface area (Å²) in [5.41, 5.74) is 14.2. The maximum atomic E-state index is 14.2. The van der Waals surface area contributed by atoms with Crippen molar-refractivity contribution in [2.24, 2.45) is 21.7 Å². The van der Waals surface area contributed by atoms with Gasteiger partial charge in [-0.25, -0.2) is 4.39 Å². The molecule has 0 bridgehead atoms. The van der Waals surface area contributed by atoms with E-state index in [9.17, 15) is 4.39 Å². The van der Waals surface area contributed by atoms with Gasteiger partial charge in [-0.1, -0.05) is 42.5 Å². The number of hydrogen-bond donors (Lipinski definition) is 2. The first-order valence-electron chi connectivity index (χ1n) is 8.50. The highest BCUT2D eigenvalue weighted by Gasteiger charge is 2.12. The normalized spacial score (nSPS) is 11.4. The third-order valence-corrected chi connectivity index (χ3v) is 4.46. The maximum Gasteiger partial charge on any atom is 0.211 e. The summed E-state index contributed by atoms with van der Waals surface area (Å²) in [6, 6.07) is 20.9. The second-order valence-corrected chi connectivity index (χ2v) is 6.24. The van der Waals surface area contributed by atoms with E-state index in [-0.39, 0.29) is 11.8 Å². The summed E-state index contributed by atoms with van der Waals surface area (Å²) in [6.07, 6.45) is 1.60. The summed E-state index contributed by atoms with van der Waals surface area (Å²) in [5, 5.41) is 9.66. The number of halogens is 1. The number of nitrogens with two attached hydrogens (primary N) is 2. The van der Waals surface area contributed by atoms with Gasteiger partial charge in [0.15, 0.2) is 0 Å². The lowest BCUT2D eigenvalue weighted by molar-refractivity contribution is 0.604. The Morgan fingerprint density at radius 3 is 2.48 bits per heavy atom. The third kappa shape index (κ3) is 3.25. The molecule has 27 heavy (non-hydrogen) atoms. The average molecular weight is 359 g/mol. The fourth-order valence-electron chi connectivity index (χ4n) is 3.28. The number of aromatic nitrogens is 1. The van der Waals surface area contributed by atoms with Crippen molar-refractivity contribution in [3.8, 4) is 0 Å². The Hall–Kier alpha value is -3.67. The second-order valence-electron chi connectivity index (χ2n) is 6.24. The highest BCUT2D eigenvalue weighted by molar-refractivity contribution is 6.09. The molecule has 0 radical (unpaired) electrons. The quantitative estimate of drug-likeness (QED) is 0.332. The van der Waals surface area contributed by atoms with Gasteiger partial charge in [0.25, 0.3) is 0 Å². The van der Waals surface area contributed by atoms with Gasteiger partial charge in [0.2, 0.25) is 5.96 Å². The zero-order valence-electron chi connectivity index (χ0n) is 14.5. The van der Waals surface area contributed by atoms with Crippen LogP contribution in [0.2, 0.25) is 0 Å². The molecule has 0 fully saturated rings. The highest BCUT2D eigenvalue weighted by atomic mass is 19.1. The molecule has 0 amide bonds. The zero-order valence-corrected chi connectivity index (χ0v) is 14.5. The van der Waals surface area contributed by atoms with Gasteiger partial charge in [-0.2, -0.15) is 5.10 Å². The van der Waals surface area contributed by atoms with E-state index in [1.165, 1.54) is 6.07 Å². The molecule has 0 aliphatic carbocycles. The van der Waals surface area contributed by atoms with E-state index in [1.807, 2.05) is 48.5 Å². The van der Waals surface area contributed by atoms with E-state index in [0.717, 1.165) is 27.4 Å². The topological polar surface area (TPSA) is 81.7 Å². The maximum absolute atomic E-state index is 14.2. The highest BCUT2D eigenvalue weighted by Crippen LogP contribution is 2.30. The Balaban J connectivity index is 1.87. The number of para-hydroxylation sites is 1. The van der Waals surface area contributed by atoms with Crippen LogP contribution in [0.25, 0.3) is 21.8 Å². The van der Waals surface area contributed by atoms with E-state index in [0.29, 0.717) is 12.1 Å². The molecule has 3 aromatic carbocycles. The minimum absolute atomic E-state index is 0.0891. The monoisotopic (exact) mass is 359 g/mol. The van der Waals surface area contributed by atoms with Gasteiger partial charge in [0.1, 0.15) is 5.82 Å². The largest absolute Gasteiger partial charge is 0.369 e. The molecule has 0 aliphatic heterocycles. The molecule has 4 N–H and O–H groups in total. The predicted molar refractivity (Wildman–Crippen MR) is 108 cm³/mol. The molecule has 6 heteroatoms. The van der Waals surface area contributed by atoms with Gasteiger partial charge < -0.3 is 16.0 Å². The van der Waals surface area contributed by atoms with Gasteiger partial charge in [0.05, 0.1) is 12.8 Å². The molecular weight excluding hydrogens is 341 g/mol. The molecule has 4 rings (SSSR count). The van der Waals surface area contributed by atoms with Crippen LogP contribution in [0, 0.1) is 5.82 Å². The fourth-order valence-corrected chi connectivity index (χ4v) is 3.28. The van der Waals surface area contributed by atoms with E-state index in [1.54, 1.807) is 12.3 Å². The number of benzene rings is 3. The van der Waals surface area contributed by atoms with Gasteiger partial charge in [0, 0.05) is 27.4 Å². The summed E-state index contributed by atoms with van der Waals surface area (Å²) < 4.78 is 16.3. The van der Waals surface area contributed by atoms with Crippen molar-refractivity contribution in [2.45, 2.75) is 6.54 Å². The van der Waals surface area contributed by atoms with Crippen molar-refractivity contribution in [3.63, 3.8) is 0 Å². The van der Waals surface area contributed by atoms with Gasteiger partial charge >= 0.3 is 0 Å². The van der Waals surface area contributed by atoms with Crippen LogP contribution in [-0.2, 0) is 6.54 Å². The molecule has 0 saturated heterocycles. The molecule has 0 atom stereocenters. The number of guanidine groups is 1. The minimum atomic E-state index is -0.204. The van der Waals surface area contributed by atoms with Crippen LogP contribution in [0.4, 0.5) is 4.39 Å². The van der Waals surface area contributed by atoms with Crippen molar-refractivity contribution in [2.75, 3.05) is 0 Å². The first kappa shape index (κ1) is 16.8. The van der Waals surface area contributed by atoms with Crippen molar-refractivity contribution >= 4 is 34.0 Å². The smallest absolute Gasteiger partial charge is 0.211 e. The molecule has 5 nitrogen and oxygen atoms in total. The average Bonchev–Trinajstić information content (AvgIpc) is 2.97. The molecule has 4 aromatic rings. The van der Waals surface area contributed by atoms with Crippen LogP contribution >= 0.6 is 0 Å². The number of rotatable bonds is 4. The van der Waals surface area contributed by atoms with Crippen LogP contribution in [0.15, 0.2) is 76.9 Å². The molecule has 0 aliphatic rings. The Labute approximate surface area is 155 Å². The Bertz CT molecular complexity index is 1190. The molecule has 0 unspecified atom stereocenters. The SMILES string of the molecule is NC(N)=N/N=C/c1ccc2c(c1)c1ccccc1n2Cc1ccccc1F. The second kappa shape index (κ2) is 6.92. The fraction of sp³-hybridized carbons (Fsp3) is 0.0476. The van der Waals surface area contributed by atoms with Gasteiger partial charge in [-0.3, -0.25) is 0 Å². The van der Waals surface area contributed by atoms with E-state index >= 15 is 0 Å². The molecule has 134 valence electrons. The van der Waals surface area contributed by atoms with Crippen LogP contribution in [-0.4, -0.2) is 16.7 Å². The molecular formula is C21H18FN5.